The van der Waals surface area contributed by atoms with Crippen LogP contribution in [0.15, 0.2) is 47.3 Å². The van der Waals surface area contributed by atoms with E-state index >= 15 is 0 Å². The summed E-state index contributed by atoms with van der Waals surface area (Å²) >= 11 is 0. The molecule has 1 aromatic carbocycles. The Kier molecular flexibility index (Phi) is 4.99. The lowest BCUT2D eigenvalue weighted by Crippen LogP contribution is -2.35. The van der Waals surface area contributed by atoms with Gasteiger partial charge in [0, 0.05) is 18.3 Å². The Bertz CT molecular complexity index is 729. The van der Waals surface area contributed by atoms with E-state index in [0.717, 1.165) is 6.07 Å². The molecule has 2 aromatic rings. The van der Waals surface area contributed by atoms with Crippen LogP contribution >= 0.6 is 0 Å². The van der Waals surface area contributed by atoms with Gasteiger partial charge in [0.1, 0.15) is 0 Å². The maximum absolute atomic E-state index is 12.5. The van der Waals surface area contributed by atoms with Gasteiger partial charge in [0.2, 0.25) is 0 Å². The lowest BCUT2D eigenvalue weighted by molar-refractivity contribution is -0.142. The monoisotopic (exact) mass is 326 g/mol. The fraction of sp³-hybridized carbons (Fsp3) is 0.214. The minimum Gasteiger partial charge on any atom is -0.336 e. The first kappa shape index (κ1) is 16.5. The molecule has 1 heterocycles. The summed E-state index contributed by atoms with van der Waals surface area (Å²) in [5.74, 6) is 0. The van der Waals surface area contributed by atoms with E-state index in [-0.39, 0.29) is 13.1 Å². The topological polar surface area (TPSA) is 76.0 Å². The number of nitrogens with one attached hydrogen (secondary N) is 2. The molecule has 0 unspecified atom stereocenters. The maximum Gasteiger partial charge on any atom is 0.435 e. The second-order valence-electron chi connectivity index (χ2n) is 4.52. The molecule has 2 amide bonds. The van der Waals surface area contributed by atoms with Gasteiger partial charge in [0.25, 0.3) is 5.56 Å². The maximum atomic E-state index is 12.5. The number of hydrogen-bond donors (Lipinski definition) is 2. The van der Waals surface area contributed by atoms with Crippen LogP contribution in [0.1, 0.15) is 5.69 Å². The van der Waals surface area contributed by atoms with E-state index in [0.29, 0.717) is 16.4 Å². The lowest BCUT2D eigenvalue weighted by atomic mass is 10.3. The van der Waals surface area contributed by atoms with Crippen LogP contribution in [-0.4, -0.2) is 22.4 Å². The zero-order valence-electron chi connectivity index (χ0n) is 11.8. The zero-order chi connectivity index (χ0) is 16.9. The van der Waals surface area contributed by atoms with Crippen molar-refractivity contribution in [3.63, 3.8) is 0 Å². The van der Waals surface area contributed by atoms with Crippen molar-refractivity contribution in [3.05, 3.63) is 58.5 Å². The molecule has 0 aliphatic carbocycles. The molecule has 0 saturated heterocycles. The number of rotatable bonds is 4. The highest BCUT2D eigenvalue weighted by Gasteiger charge is 2.33. The molecular formula is C14H13F3N4O2. The second-order valence-corrected chi connectivity index (χ2v) is 4.52. The van der Waals surface area contributed by atoms with Crippen molar-refractivity contribution < 1.29 is 18.0 Å². The first-order chi connectivity index (χ1) is 10.9. The average molecular weight is 326 g/mol. The molecule has 23 heavy (non-hydrogen) atoms. The molecule has 2 N–H and O–H groups in total. The Labute approximate surface area is 128 Å². The third-order valence-corrected chi connectivity index (χ3v) is 2.80. The summed E-state index contributed by atoms with van der Waals surface area (Å²) in [7, 11) is 0. The van der Waals surface area contributed by atoms with Gasteiger partial charge in [-0.1, -0.05) is 18.2 Å². The molecular weight excluding hydrogens is 313 g/mol. The van der Waals surface area contributed by atoms with Crippen molar-refractivity contribution in [1.29, 1.82) is 0 Å². The number of urea groups is 1. The van der Waals surface area contributed by atoms with Crippen LogP contribution in [0.5, 0.6) is 0 Å². The van der Waals surface area contributed by atoms with Crippen LogP contribution in [0.25, 0.3) is 0 Å². The van der Waals surface area contributed by atoms with Crippen molar-refractivity contribution >= 4 is 11.7 Å². The SMILES string of the molecule is O=C(NCCn1nc(C(F)(F)F)ccc1=O)Nc1ccccc1. The van der Waals surface area contributed by atoms with Gasteiger partial charge >= 0.3 is 12.2 Å². The first-order valence-corrected chi connectivity index (χ1v) is 6.61. The van der Waals surface area contributed by atoms with Gasteiger partial charge in [-0.3, -0.25) is 4.79 Å². The number of hydrogen-bond acceptors (Lipinski definition) is 3. The minimum atomic E-state index is -4.63. The van der Waals surface area contributed by atoms with Crippen molar-refractivity contribution in [2.45, 2.75) is 12.7 Å². The molecule has 0 aliphatic heterocycles. The Balaban J connectivity index is 1.91. The Morgan fingerprint density at radius 3 is 2.48 bits per heavy atom. The molecule has 9 heteroatoms. The molecule has 2 rings (SSSR count). The van der Waals surface area contributed by atoms with E-state index in [1.807, 2.05) is 0 Å². The Hall–Kier alpha value is -2.84. The molecule has 0 atom stereocenters. The number of anilines is 1. The second kappa shape index (κ2) is 6.95. The summed E-state index contributed by atoms with van der Waals surface area (Å²) in [6.07, 6.45) is -4.63. The highest BCUT2D eigenvalue weighted by atomic mass is 19.4. The summed E-state index contributed by atoms with van der Waals surface area (Å²) in [6.45, 7) is -0.224. The number of alkyl halides is 3. The van der Waals surface area contributed by atoms with Gasteiger partial charge in [0.05, 0.1) is 6.54 Å². The largest absolute Gasteiger partial charge is 0.435 e. The van der Waals surface area contributed by atoms with E-state index in [1.165, 1.54) is 0 Å². The molecule has 0 fully saturated rings. The number of para-hydroxylation sites is 1. The van der Waals surface area contributed by atoms with Crippen LogP contribution in [0.2, 0.25) is 0 Å². The van der Waals surface area contributed by atoms with Crippen molar-refractivity contribution in [3.8, 4) is 0 Å². The smallest absolute Gasteiger partial charge is 0.336 e. The summed E-state index contributed by atoms with van der Waals surface area (Å²) in [4.78, 5) is 23.1. The summed E-state index contributed by atoms with van der Waals surface area (Å²) < 4.78 is 38.3. The van der Waals surface area contributed by atoms with Crippen molar-refractivity contribution in [2.75, 3.05) is 11.9 Å². The lowest BCUT2D eigenvalue weighted by Gasteiger charge is -2.10. The fourth-order valence-electron chi connectivity index (χ4n) is 1.73. The summed E-state index contributed by atoms with van der Waals surface area (Å²) in [5, 5.41) is 8.21. The Morgan fingerprint density at radius 2 is 1.83 bits per heavy atom. The number of carbonyl (C=O) groups excluding carboxylic acids is 1. The predicted octanol–water partition coefficient (Wildman–Crippen LogP) is 2.08. The molecule has 0 spiro atoms. The number of nitrogens with zero attached hydrogens (tertiary/aromatic N) is 2. The van der Waals surface area contributed by atoms with Crippen LogP contribution < -0.4 is 16.2 Å². The molecule has 0 aliphatic rings. The van der Waals surface area contributed by atoms with Gasteiger partial charge < -0.3 is 10.6 Å². The van der Waals surface area contributed by atoms with E-state index in [2.05, 4.69) is 15.7 Å². The fourth-order valence-corrected chi connectivity index (χ4v) is 1.73. The van der Waals surface area contributed by atoms with E-state index in [9.17, 15) is 22.8 Å². The van der Waals surface area contributed by atoms with E-state index in [4.69, 9.17) is 0 Å². The summed E-state index contributed by atoms with van der Waals surface area (Å²) in [6, 6.07) is 9.50. The molecule has 6 nitrogen and oxygen atoms in total. The molecule has 0 saturated carbocycles. The molecule has 0 radical (unpaired) electrons. The number of aromatic nitrogens is 2. The van der Waals surface area contributed by atoms with Gasteiger partial charge in [-0.2, -0.15) is 18.3 Å². The quantitative estimate of drug-likeness (QED) is 0.903. The normalized spacial score (nSPS) is 11.1. The number of carbonyl (C=O) groups is 1. The average Bonchev–Trinajstić information content (AvgIpc) is 2.49. The zero-order valence-corrected chi connectivity index (χ0v) is 11.8. The van der Waals surface area contributed by atoms with Gasteiger partial charge in [-0.15, -0.1) is 0 Å². The minimum absolute atomic E-state index is 0.0487. The van der Waals surface area contributed by atoms with Crippen molar-refractivity contribution in [1.82, 2.24) is 15.1 Å². The van der Waals surface area contributed by atoms with Crippen LogP contribution in [0, 0.1) is 0 Å². The van der Waals surface area contributed by atoms with E-state index in [1.54, 1.807) is 30.3 Å². The van der Waals surface area contributed by atoms with E-state index < -0.39 is 23.5 Å². The van der Waals surface area contributed by atoms with Crippen molar-refractivity contribution in [2.24, 2.45) is 0 Å². The first-order valence-electron chi connectivity index (χ1n) is 6.61. The molecule has 1 aromatic heterocycles. The molecule has 0 bridgehead atoms. The molecule has 122 valence electrons. The number of halogens is 3. The van der Waals surface area contributed by atoms with Crippen LogP contribution in [0.4, 0.5) is 23.7 Å². The predicted molar refractivity (Wildman–Crippen MR) is 77.0 cm³/mol. The third kappa shape index (κ3) is 4.83. The standard InChI is InChI=1S/C14H13F3N4O2/c15-14(16,17)11-6-7-12(22)21(20-11)9-8-18-13(23)19-10-4-2-1-3-5-10/h1-7H,8-9H2,(H2,18,19,23). The number of amides is 2. The van der Waals surface area contributed by atoms with Gasteiger partial charge in [-0.25, -0.2) is 9.48 Å². The van der Waals surface area contributed by atoms with Gasteiger partial charge in [0.15, 0.2) is 5.69 Å². The van der Waals surface area contributed by atoms with Crippen LogP contribution in [0.3, 0.4) is 0 Å². The third-order valence-electron chi connectivity index (χ3n) is 2.80. The van der Waals surface area contributed by atoms with Gasteiger partial charge in [-0.05, 0) is 18.2 Å². The number of benzene rings is 1. The summed E-state index contributed by atoms with van der Waals surface area (Å²) in [5.41, 5.74) is -1.27. The Morgan fingerprint density at radius 1 is 1.13 bits per heavy atom. The van der Waals surface area contributed by atoms with Crippen LogP contribution in [-0.2, 0) is 12.7 Å². The highest BCUT2D eigenvalue weighted by molar-refractivity contribution is 5.89. The highest BCUT2D eigenvalue weighted by Crippen LogP contribution is 2.26.